The van der Waals surface area contributed by atoms with Gasteiger partial charge in [0.1, 0.15) is 5.03 Å². The van der Waals surface area contributed by atoms with E-state index in [1.807, 2.05) is 17.6 Å². The molecular formula is C15H21N3O2S. The molecule has 2 rings (SSSR count). The lowest BCUT2D eigenvalue weighted by Gasteiger charge is -2.13. The lowest BCUT2D eigenvalue weighted by atomic mass is 9.92. The molecule has 6 heteroatoms. The smallest absolute Gasteiger partial charge is 0.309 e. The first kappa shape index (κ1) is 15.8. The first-order chi connectivity index (χ1) is 9.82. The fourth-order valence-electron chi connectivity index (χ4n) is 1.85. The van der Waals surface area contributed by atoms with Crippen LogP contribution in [0.2, 0.25) is 0 Å². The number of hydrogen-bond acceptors (Lipinski definition) is 5. The van der Waals surface area contributed by atoms with Crippen molar-refractivity contribution in [3.05, 3.63) is 24.2 Å². The van der Waals surface area contributed by atoms with Crippen LogP contribution in [0.5, 0.6) is 0 Å². The van der Waals surface area contributed by atoms with Gasteiger partial charge < -0.3 is 4.74 Å². The van der Waals surface area contributed by atoms with E-state index in [4.69, 9.17) is 4.74 Å². The minimum atomic E-state index is -0.196. The Labute approximate surface area is 129 Å². The Balaban J connectivity index is 2.24. The van der Waals surface area contributed by atoms with Gasteiger partial charge in [0.2, 0.25) is 0 Å². The number of thioether (sulfide) groups is 1. The molecule has 0 N–H and O–H groups in total. The molecule has 2 heterocycles. The van der Waals surface area contributed by atoms with Gasteiger partial charge in [0, 0.05) is 23.6 Å². The van der Waals surface area contributed by atoms with Crippen molar-refractivity contribution in [1.29, 1.82) is 0 Å². The summed E-state index contributed by atoms with van der Waals surface area (Å²) in [5.41, 5.74) is 2.00. The van der Waals surface area contributed by atoms with Crippen molar-refractivity contribution in [1.82, 2.24) is 14.6 Å². The molecule has 21 heavy (non-hydrogen) atoms. The highest BCUT2D eigenvalue weighted by Crippen LogP contribution is 2.28. The molecule has 114 valence electrons. The van der Waals surface area contributed by atoms with E-state index < -0.39 is 0 Å². The van der Waals surface area contributed by atoms with Gasteiger partial charge in [-0.15, -0.1) is 11.8 Å². The van der Waals surface area contributed by atoms with Crippen LogP contribution in [0.3, 0.4) is 0 Å². The van der Waals surface area contributed by atoms with Gasteiger partial charge in [0.15, 0.2) is 0 Å². The zero-order chi connectivity index (χ0) is 15.6. The molecule has 0 bridgehead atoms. The van der Waals surface area contributed by atoms with Crippen molar-refractivity contribution in [3.63, 3.8) is 0 Å². The van der Waals surface area contributed by atoms with Crippen LogP contribution in [-0.4, -0.2) is 33.4 Å². The highest BCUT2D eigenvalue weighted by molar-refractivity contribution is 7.99. The van der Waals surface area contributed by atoms with E-state index in [-0.39, 0.29) is 17.3 Å². The summed E-state index contributed by atoms with van der Waals surface area (Å²) in [6, 6.07) is 2.07. The second-order valence-corrected chi connectivity index (χ2v) is 7.09. The van der Waals surface area contributed by atoms with Crippen LogP contribution in [0.25, 0.3) is 5.52 Å². The zero-order valence-corrected chi connectivity index (χ0v) is 13.9. The first-order valence-electron chi connectivity index (χ1n) is 6.88. The van der Waals surface area contributed by atoms with Crippen LogP contribution in [-0.2, 0) is 14.9 Å². The summed E-state index contributed by atoms with van der Waals surface area (Å²) in [5.74, 6) is 0.278. The van der Waals surface area contributed by atoms with Gasteiger partial charge in [0.25, 0.3) is 0 Å². The van der Waals surface area contributed by atoms with Gasteiger partial charge in [-0.05, 0) is 6.07 Å². The summed E-state index contributed by atoms with van der Waals surface area (Å²) >= 11 is 1.55. The van der Waals surface area contributed by atoms with Gasteiger partial charge in [-0.1, -0.05) is 27.7 Å². The largest absolute Gasteiger partial charge is 0.469 e. The van der Waals surface area contributed by atoms with Crippen molar-refractivity contribution < 1.29 is 9.53 Å². The molecule has 2 aromatic heterocycles. The number of esters is 1. The summed E-state index contributed by atoms with van der Waals surface area (Å²) in [5, 5.41) is 5.48. The minimum absolute atomic E-state index is 0.00668. The van der Waals surface area contributed by atoms with Gasteiger partial charge in [-0.2, -0.15) is 5.10 Å². The molecule has 0 fully saturated rings. The molecule has 1 unspecified atom stereocenters. The average Bonchev–Trinajstić information content (AvgIpc) is 2.88. The fourth-order valence-corrected chi connectivity index (χ4v) is 2.83. The molecule has 0 saturated carbocycles. The SMILES string of the molecule is COC(=O)C(C)CSc1nccn2nc(C(C)(C)C)cc12. The molecule has 2 aromatic rings. The summed E-state index contributed by atoms with van der Waals surface area (Å²) in [4.78, 5) is 15.9. The number of carbonyl (C=O) groups is 1. The number of hydrogen-bond donors (Lipinski definition) is 0. The third-order valence-electron chi connectivity index (χ3n) is 3.20. The number of fused-ring (bicyclic) bond motifs is 1. The lowest BCUT2D eigenvalue weighted by molar-refractivity contribution is -0.143. The standard InChI is InChI=1S/C15H21N3O2S/c1-10(14(19)20-5)9-21-13-11-8-12(15(2,3)4)17-18(11)7-6-16-13/h6-8,10H,9H2,1-5H3. The fraction of sp³-hybridized carbons (Fsp3) is 0.533. The molecule has 0 spiro atoms. The van der Waals surface area contributed by atoms with E-state index in [0.29, 0.717) is 5.75 Å². The van der Waals surface area contributed by atoms with Crippen molar-refractivity contribution in [3.8, 4) is 0 Å². The van der Waals surface area contributed by atoms with E-state index in [1.54, 1.807) is 18.0 Å². The van der Waals surface area contributed by atoms with E-state index in [1.165, 1.54) is 7.11 Å². The maximum absolute atomic E-state index is 11.5. The van der Waals surface area contributed by atoms with Crippen LogP contribution in [0.4, 0.5) is 0 Å². The second-order valence-electron chi connectivity index (χ2n) is 6.08. The molecule has 0 amide bonds. The Hall–Kier alpha value is -1.56. The zero-order valence-electron chi connectivity index (χ0n) is 13.1. The van der Waals surface area contributed by atoms with Crippen LogP contribution in [0, 0.1) is 5.92 Å². The number of methoxy groups -OCH3 is 1. The van der Waals surface area contributed by atoms with Crippen molar-refractivity contribution >= 4 is 23.2 Å². The summed E-state index contributed by atoms with van der Waals surface area (Å²) in [7, 11) is 1.41. The predicted molar refractivity (Wildman–Crippen MR) is 83.6 cm³/mol. The monoisotopic (exact) mass is 307 g/mol. The van der Waals surface area contributed by atoms with E-state index in [0.717, 1.165) is 16.2 Å². The Kier molecular flexibility index (Phi) is 4.56. The van der Waals surface area contributed by atoms with E-state index >= 15 is 0 Å². The highest BCUT2D eigenvalue weighted by Gasteiger charge is 2.20. The third kappa shape index (κ3) is 3.56. The Morgan fingerprint density at radius 3 is 2.81 bits per heavy atom. The van der Waals surface area contributed by atoms with Gasteiger partial charge in [-0.3, -0.25) is 4.79 Å². The number of nitrogens with zero attached hydrogens (tertiary/aromatic N) is 3. The highest BCUT2D eigenvalue weighted by atomic mass is 32.2. The van der Waals surface area contributed by atoms with E-state index in [9.17, 15) is 4.79 Å². The minimum Gasteiger partial charge on any atom is -0.469 e. The van der Waals surface area contributed by atoms with Crippen molar-refractivity contribution in [2.24, 2.45) is 5.92 Å². The maximum Gasteiger partial charge on any atom is 0.309 e. The molecule has 0 radical (unpaired) electrons. The number of rotatable bonds is 4. The average molecular weight is 307 g/mol. The number of ether oxygens (including phenoxy) is 1. The maximum atomic E-state index is 11.5. The normalized spacial score (nSPS) is 13.4. The quantitative estimate of drug-likeness (QED) is 0.642. The second kappa shape index (κ2) is 6.05. The molecule has 0 aromatic carbocycles. The predicted octanol–water partition coefficient (Wildman–Crippen LogP) is 2.93. The van der Waals surface area contributed by atoms with Gasteiger partial charge in [-0.25, -0.2) is 9.50 Å². The van der Waals surface area contributed by atoms with Crippen LogP contribution in [0.15, 0.2) is 23.5 Å². The molecule has 1 atom stereocenters. The van der Waals surface area contributed by atoms with Crippen molar-refractivity contribution in [2.75, 3.05) is 12.9 Å². The Bertz CT molecular complexity index is 646. The summed E-state index contributed by atoms with van der Waals surface area (Å²) in [6.07, 6.45) is 3.58. The molecule has 0 aliphatic rings. The topological polar surface area (TPSA) is 56.5 Å². The Morgan fingerprint density at radius 1 is 1.48 bits per heavy atom. The van der Waals surface area contributed by atoms with Crippen molar-refractivity contribution in [2.45, 2.75) is 38.1 Å². The molecule has 0 aliphatic heterocycles. The third-order valence-corrected chi connectivity index (χ3v) is 4.45. The number of carbonyl (C=O) groups excluding carboxylic acids is 1. The van der Waals surface area contributed by atoms with Crippen LogP contribution >= 0.6 is 11.8 Å². The molecule has 0 saturated heterocycles. The van der Waals surface area contributed by atoms with E-state index in [2.05, 4.69) is 36.9 Å². The molecule has 5 nitrogen and oxygen atoms in total. The van der Waals surface area contributed by atoms with Crippen LogP contribution in [0.1, 0.15) is 33.4 Å². The first-order valence-corrected chi connectivity index (χ1v) is 7.87. The van der Waals surface area contributed by atoms with Crippen LogP contribution < -0.4 is 0 Å². The van der Waals surface area contributed by atoms with Gasteiger partial charge >= 0.3 is 5.97 Å². The molecule has 0 aliphatic carbocycles. The number of aromatic nitrogens is 3. The summed E-state index contributed by atoms with van der Waals surface area (Å²) in [6.45, 7) is 8.26. The summed E-state index contributed by atoms with van der Waals surface area (Å²) < 4.78 is 6.59. The van der Waals surface area contributed by atoms with Gasteiger partial charge in [0.05, 0.1) is 24.2 Å². The Morgan fingerprint density at radius 2 is 2.19 bits per heavy atom. The lowest BCUT2D eigenvalue weighted by Crippen LogP contribution is -2.14. The molecular weight excluding hydrogens is 286 g/mol.